The monoisotopic (exact) mass is 194 g/mol. The van der Waals surface area contributed by atoms with Crippen molar-refractivity contribution in [3.8, 4) is 0 Å². The van der Waals surface area contributed by atoms with E-state index >= 15 is 0 Å². The van der Waals surface area contributed by atoms with Crippen molar-refractivity contribution in [1.29, 1.82) is 0 Å². The van der Waals surface area contributed by atoms with Crippen LogP contribution in [0, 0.1) is 0 Å². The van der Waals surface area contributed by atoms with Crippen LogP contribution in [0.1, 0.15) is 6.92 Å². The summed E-state index contributed by atoms with van der Waals surface area (Å²) in [5.41, 5.74) is -3.78. The van der Waals surface area contributed by atoms with Crippen LogP contribution in [0.2, 0.25) is 0 Å². The lowest BCUT2D eigenvalue weighted by molar-refractivity contribution is -0.0321. The molecule has 0 aromatic carbocycles. The molecule has 0 fully saturated rings. The maximum absolute atomic E-state index is 11.8. The molecule has 0 saturated heterocycles. The van der Waals surface area contributed by atoms with E-state index in [-0.39, 0.29) is 16.7 Å². The zero-order chi connectivity index (χ0) is 9.78. The number of allylic oxidation sites excluding steroid dienone is 3. The van der Waals surface area contributed by atoms with Crippen LogP contribution in [-0.4, -0.2) is 5.51 Å². The second kappa shape index (κ2) is 4.40. The second-order valence-electron chi connectivity index (χ2n) is 2.00. The highest BCUT2D eigenvalue weighted by molar-refractivity contribution is 8.04. The van der Waals surface area contributed by atoms with Gasteiger partial charge in [0.2, 0.25) is 0 Å². The molecule has 0 aliphatic heterocycles. The van der Waals surface area contributed by atoms with E-state index in [9.17, 15) is 13.2 Å². The third-order valence-electron chi connectivity index (χ3n) is 1.11. The van der Waals surface area contributed by atoms with Gasteiger partial charge in [0, 0.05) is 4.91 Å². The Morgan fingerprint density at radius 3 is 2.00 bits per heavy atom. The maximum Gasteiger partial charge on any atom is 0.446 e. The first-order valence-electron chi connectivity index (χ1n) is 3.12. The standard InChI is InChI=1S/C8H9F3S/c1-4-6(3)7(5-2)12-8(9,10)11/h4-5H,1-2H2,3H3/b7-6+. The van der Waals surface area contributed by atoms with Crippen molar-refractivity contribution >= 4 is 11.8 Å². The summed E-state index contributed by atoms with van der Waals surface area (Å²) in [7, 11) is 0. The summed E-state index contributed by atoms with van der Waals surface area (Å²) < 4.78 is 35.5. The van der Waals surface area contributed by atoms with Gasteiger partial charge in [0.25, 0.3) is 0 Å². The molecule has 4 heteroatoms. The van der Waals surface area contributed by atoms with E-state index in [2.05, 4.69) is 13.2 Å². The summed E-state index contributed by atoms with van der Waals surface area (Å²) in [6.45, 7) is 8.22. The Morgan fingerprint density at radius 2 is 1.75 bits per heavy atom. The minimum Gasteiger partial charge on any atom is -0.160 e. The zero-order valence-electron chi connectivity index (χ0n) is 6.61. The van der Waals surface area contributed by atoms with E-state index in [0.29, 0.717) is 5.57 Å². The molecule has 0 aromatic rings. The van der Waals surface area contributed by atoms with Crippen molar-refractivity contribution in [3.05, 3.63) is 35.8 Å². The van der Waals surface area contributed by atoms with Crippen LogP contribution in [0.15, 0.2) is 35.8 Å². The highest BCUT2D eigenvalue weighted by Crippen LogP contribution is 2.38. The van der Waals surface area contributed by atoms with Crippen LogP contribution in [0.5, 0.6) is 0 Å². The van der Waals surface area contributed by atoms with Gasteiger partial charge in [-0.3, -0.25) is 0 Å². The van der Waals surface area contributed by atoms with Gasteiger partial charge in [0.05, 0.1) is 0 Å². The number of hydrogen-bond acceptors (Lipinski definition) is 1. The molecule has 0 aromatic heterocycles. The summed E-state index contributed by atoms with van der Waals surface area (Å²) in [6, 6.07) is 0. The molecular formula is C8H9F3S. The number of halogens is 3. The Kier molecular flexibility index (Phi) is 4.17. The number of thioether (sulfide) groups is 1. The largest absolute Gasteiger partial charge is 0.446 e. The minimum atomic E-state index is -4.26. The lowest BCUT2D eigenvalue weighted by Crippen LogP contribution is -2.00. The van der Waals surface area contributed by atoms with Gasteiger partial charge in [-0.05, 0) is 24.3 Å². The molecule has 0 amide bonds. The third-order valence-corrected chi connectivity index (χ3v) is 2.05. The first kappa shape index (κ1) is 11.4. The van der Waals surface area contributed by atoms with Crippen molar-refractivity contribution in [2.24, 2.45) is 0 Å². The Labute approximate surface area is 73.8 Å². The molecule has 0 saturated carbocycles. The Bertz CT molecular complexity index is 213. The van der Waals surface area contributed by atoms with E-state index in [1.165, 1.54) is 12.2 Å². The predicted molar refractivity (Wildman–Crippen MR) is 46.7 cm³/mol. The highest BCUT2D eigenvalue weighted by Gasteiger charge is 2.29. The van der Waals surface area contributed by atoms with Crippen LogP contribution in [0.4, 0.5) is 13.2 Å². The van der Waals surface area contributed by atoms with Gasteiger partial charge in [0.15, 0.2) is 0 Å². The van der Waals surface area contributed by atoms with Gasteiger partial charge < -0.3 is 0 Å². The SMILES string of the molecule is C=C/C(C)=C(\C=C)SC(F)(F)F. The average Bonchev–Trinajstić information content (AvgIpc) is 1.97. The first-order valence-corrected chi connectivity index (χ1v) is 3.94. The molecule has 0 rings (SSSR count). The van der Waals surface area contributed by atoms with Crippen LogP contribution in [-0.2, 0) is 0 Å². The Morgan fingerprint density at radius 1 is 1.25 bits per heavy atom. The molecule has 0 nitrogen and oxygen atoms in total. The quantitative estimate of drug-likeness (QED) is 0.614. The molecule has 0 spiro atoms. The van der Waals surface area contributed by atoms with Gasteiger partial charge >= 0.3 is 5.51 Å². The van der Waals surface area contributed by atoms with E-state index in [1.54, 1.807) is 6.92 Å². The minimum absolute atomic E-state index is 0.0949. The van der Waals surface area contributed by atoms with E-state index in [0.717, 1.165) is 0 Å². The van der Waals surface area contributed by atoms with Crippen molar-refractivity contribution in [3.63, 3.8) is 0 Å². The van der Waals surface area contributed by atoms with Gasteiger partial charge in [-0.25, -0.2) is 0 Å². The molecule has 0 aliphatic carbocycles. The fourth-order valence-corrected chi connectivity index (χ4v) is 1.09. The lowest BCUT2D eigenvalue weighted by atomic mass is 10.3. The van der Waals surface area contributed by atoms with Crippen molar-refractivity contribution in [2.45, 2.75) is 12.4 Å². The number of alkyl halides is 3. The van der Waals surface area contributed by atoms with Gasteiger partial charge in [0.1, 0.15) is 0 Å². The zero-order valence-corrected chi connectivity index (χ0v) is 7.43. The van der Waals surface area contributed by atoms with E-state index < -0.39 is 5.51 Å². The number of rotatable bonds is 3. The van der Waals surface area contributed by atoms with Gasteiger partial charge in [-0.2, -0.15) is 13.2 Å². The summed E-state index contributed by atoms with van der Waals surface area (Å²) in [5.74, 6) is 0. The van der Waals surface area contributed by atoms with E-state index in [1.807, 2.05) is 0 Å². The van der Waals surface area contributed by atoms with Crippen LogP contribution in [0.3, 0.4) is 0 Å². The Hall–Kier alpha value is -0.640. The summed E-state index contributed by atoms with van der Waals surface area (Å²) >= 11 is -0.175. The smallest absolute Gasteiger partial charge is 0.160 e. The van der Waals surface area contributed by atoms with Crippen molar-refractivity contribution in [2.75, 3.05) is 0 Å². The normalized spacial score (nSPS) is 13.7. The third kappa shape index (κ3) is 4.28. The predicted octanol–water partition coefficient (Wildman–Crippen LogP) is 3.89. The van der Waals surface area contributed by atoms with Crippen LogP contribution >= 0.6 is 11.8 Å². The molecular weight excluding hydrogens is 185 g/mol. The summed E-state index contributed by atoms with van der Waals surface area (Å²) in [6.07, 6.45) is 2.55. The molecule has 0 heterocycles. The van der Waals surface area contributed by atoms with Crippen molar-refractivity contribution < 1.29 is 13.2 Å². The Balaban J connectivity index is 4.60. The molecule has 0 aliphatic rings. The van der Waals surface area contributed by atoms with Crippen LogP contribution in [0.25, 0.3) is 0 Å². The maximum atomic E-state index is 11.8. The first-order chi connectivity index (χ1) is 5.40. The topological polar surface area (TPSA) is 0 Å². The van der Waals surface area contributed by atoms with Crippen molar-refractivity contribution in [1.82, 2.24) is 0 Å². The molecule has 0 unspecified atom stereocenters. The molecule has 0 N–H and O–H groups in total. The highest BCUT2D eigenvalue weighted by atomic mass is 32.2. The second-order valence-corrected chi connectivity index (χ2v) is 3.11. The molecule has 68 valence electrons. The molecule has 0 atom stereocenters. The molecule has 0 radical (unpaired) electrons. The van der Waals surface area contributed by atoms with Gasteiger partial charge in [-0.1, -0.05) is 25.3 Å². The summed E-state index contributed by atoms with van der Waals surface area (Å²) in [4.78, 5) is 0.0949. The van der Waals surface area contributed by atoms with Crippen LogP contribution < -0.4 is 0 Å². The lowest BCUT2D eigenvalue weighted by Gasteiger charge is -2.07. The number of hydrogen-bond donors (Lipinski definition) is 0. The fraction of sp³-hybridized carbons (Fsp3) is 0.250. The molecule has 0 bridgehead atoms. The van der Waals surface area contributed by atoms with Gasteiger partial charge in [-0.15, -0.1) is 0 Å². The molecule has 12 heavy (non-hydrogen) atoms. The van der Waals surface area contributed by atoms with E-state index in [4.69, 9.17) is 0 Å². The average molecular weight is 194 g/mol. The fourth-order valence-electron chi connectivity index (χ4n) is 0.508. The summed E-state index contributed by atoms with van der Waals surface area (Å²) in [5, 5.41) is 0.